The molecule has 0 aliphatic carbocycles. The molecule has 0 saturated heterocycles. The van der Waals surface area contributed by atoms with E-state index in [2.05, 4.69) is 6.58 Å². The standard InChI is InChI=1S/C12H14ClNO2/c1-8(2)7-14(3)11-6-9(13)4-5-10(11)12(15)16/h4-6H,1,7H2,2-3H3,(H,15,16). The molecule has 1 rings (SSSR count). The van der Waals surface area contributed by atoms with E-state index in [9.17, 15) is 4.79 Å². The first-order valence-corrected chi connectivity index (χ1v) is 5.18. The van der Waals surface area contributed by atoms with Gasteiger partial charge in [-0.25, -0.2) is 4.79 Å². The third kappa shape index (κ3) is 3.00. The van der Waals surface area contributed by atoms with E-state index in [1.807, 2.05) is 18.9 Å². The van der Waals surface area contributed by atoms with Gasteiger partial charge < -0.3 is 10.0 Å². The Morgan fingerprint density at radius 2 is 2.19 bits per heavy atom. The highest BCUT2D eigenvalue weighted by atomic mass is 35.5. The monoisotopic (exact) mass is 239 g/mol. The van der Waals surface area contributed by atoms with Crippen molar-refractivity contribution in [1.82, 2.24) is 0 Å². The van der Waals surface area contributed by atoms with E-state index >= 15 is 0 Å². The third-order valence-electron chi connectivity index (χ3n) is 2.11. The Labute approximate surface area is 100.0 Å². The molecule has 0 aliphatic rings. The average Bonchev–Trinajstić information content (AvgIpc) is 2.15. The fourth-order valence-corrected chi connectivity index (χ4v) is 1.66. The van der Waals surface area contributed by atoms with Gasteiger partial charge in [0.25, 0.3) is 0 Å². The Hall–Kier alpha value is -1.48. The van der Waals surface area contributed by atoms with Gasteiger partial charge in [-0.05, 0) is 25.1 Å². The van der Waals surface area contributed by atoms with Gasteiger partial charge in [-0.2, -0.15) is 0 Å². The minimum Gasteiger partial charge on any atom is -0.478 e. The number of hydrogen-bond acceptors (Lipinski definition) is 2. The van der Waals surface area contributed by atoms with Gasteiger partial charge in [-0.15, -0.1) is 0 Å². The normalized spacial score (nSPS) is 9.94. The molecule has 0 spiro atoms. The van der Waals surface area contributed by atoms with Crippen LogP contribution in [0.1, 0.15) is 17.3 Å². The Bertz CT molecular complexity index is 429. The molecule has 16 heavy (non-hydrogen) atoms. The summed E-state index contributed by atoms with van der Waals surface area (Å²) in [6.07, 6.45) is 0. The van der Waals surface area contributed by atoms with Gasteiger partial charge in [0.05, 0.1) is 11.3 Å². The zero-order chi connectivity index (χ0) is 12.3. The van der Waals surface area contributed by atoms with Crippen LogP contribution in [0.4, 0.5) is 5.69 Å². The highest BCUT2D eigenvalue weighted by Crippen LogP contribution is 2.24. The second kappa shape index (κ2) is 5.03. The summed E-state index contributed by atoms with van der Waals surface area (Å²) < 4.78 is 0. The van der Waals surface area contributed by atoms with Crippen LogP contribution in [0, 0.1) is 0 Å². The lowest BCUT2D eigenvalue weighted by Crippen LogP contribution is -2.21. The number of rotatable bonds is 4. The molecule has 1 N–H and O–H groups in total. The SMILES string of the molecule is C=C(C)CN(C)c1cc(Cl)ccc1C(=O)O. The Balaban J connectivity index is 3.13. The van der Waals surface area contributed by atoms with E-state index in [1.165, 1.54) is 6.07 Å². The highest BCUT2D eigenvalue weighted by Gasteiger charge is 2.13. The van der Waals surface area contributed by atoms with E-state index in [4.69, 9.17) is 16.7 Å². The van der Waals surface area contributed by atoms with Crippen molar-refractivity contribution in [2.75, 3.05) is 18.5 Å². The topological polar surface area (TPSA) is 40.5 Å². The fourth-order valence-electron chi connectivity index (χ4n) is 1.49. The number of carbonyl (C=O) groups is 1. The molecular weight excluding hydrogens is 226 g/mol. The third-order valence-corrected chi connectivity index (χ3v) is 2.34. The van der Waals surface area contributed by atoms with Gasteiger partial charge in [0.15, 0.2) is 0 Å². The summed E-state index contributed by atoms with van der Waals surface area (Å²) >= 11 is 5.86. The summed E-state index contributed by atoms with van der Waals surface area (Å²) in [6.45, 7) is 6.28. The molecule has 0 amide bonds. The summed E-state index contributed by atoms with van der Waals surface area (Å²) in [5, 5.41) is 9.57. The van der Waals surface area contributed by atoms with Crippen molar-refractivity contribution in [1.29, 1.82) is 0 Å². The number of halogens is 1. The number of hydrogen-bond donors (Lipinski definition) is 1. The number of likely N-dealkylation sites (N-methyl/N-ethyl adjacent to an activating group) is 1. The molecule has 0 fully saturated rings. The van der Waals surface area contributed by atoms with Gasteiger partial charge in [-0.3, -0.25) is 0 Å². The molecule has 0 radical (unpaired) electrons. The number of aromatic carboxylic acids is 1. The molecule has 0 atom stereocenters. The van der Waals surface area contributed by atoms with Crippen LogP contribution in [-0.4, -0.2) is 24.7 Å². The Kier molecular flexibility index (Phi) is 3.96. The first-order chi connectivity index (χ1) is 7.41. The fraction of sp³-hybridized carbons (Fsp3) is 0.250. The maximum atomic E-state index is 11.0. The lowest BCUT2D eigenvalue weighted by molar-refractivity contribution is 0.0697. The number of benzene rings is 1. The molecule has 86 valence electrons. The van der Waals surface area contributed by atoms with Crippen LogP contribution in [0.5, 0.6) is 0 Å². The summed E-state index contributed by atoms with van der Waals surface area (Å²) in [5.41, 5.74) is 1.80. The number of nitrogens with zero attached hydrogens (tertiary/aromatic N) is 1. The van der Waals surface area contributed by atoms with Gasteiger partial charge in [-0.1, -0.05) is 23.8 Å². The lowest BCUT2D eigenvalue weighted by atomic mass is 10.1. The number of carboxylic acids is 1. The van der Waals surface area contributed by atoms with Gasteiger partial charge in [0.2, 0.25) is 0 Å². The van der Waals surface area contributed by atoms with Crippen LogP contribution < -0.4 is 4.90 Å². The first kappa shape index (κ1) is 12.6. The predicted molar refractivity (Wildman–Crippen MR) is 66.5 cm³/mol. The van der Waals surface area contributed by atoms with Crippen molar-refractivity contribution in [2.45, 2.75) is 6.92 Å². The molecule has 0 bridgehead atoms. The summed E-state index contributed by atoms with van der Waals surface area (Å²) in [4.78, 5) is 12.8. The van der Waals surface area contributed by atoms with Crippen LogP contribution in [0.3, 0.4) is 0 Å². The van der Waals surface area contributed by atoms with Crippen molar-refractivity contribution in [3.63, 3.8) is 0 Å². The lowest BCUT2D eigenvalue weighted by Gasteiger charge is -2.21. The van der Waals surface area contributed by atoms with E-state index in [1.54, 1.807) is 12.1 Å². The molecule has 1 aromatic carbocycles. The van der Waals surface area contributed by atoms with Gasteiger partial charge in [0.1, 0.15) is 0 Å². The summed E-state index contributed by atoms with van der Waals surface area (Å²) in [5.74, 6) is -0.958. The van der Waals surface area contributed by atoms with E-state index < -0.39 is 5.97 Å². The molecule has 4 heteroatoms. The van der Waals surface area contributed by atoms with Crippen LogP contribution in [0.2, 0.25) is 5.02 Å². The van der Waals surface area contributed by atoms with Crippen LogP contribution in [0.15, 0.2) is 30.4 Å². The second-order valence-corrected chi connectivity index (χ2v) is 4.22. The molecule has 0 saturated carbocycles. The second-order valence-electron chi connectivity index (χ2n) is 3.78. The predicted octanol–water partition coefficient (Wildman–Crippen LogP) is 3.05. The maximum absolute atomic E-state index is 11.0. The number of carboxylic acid groups (broad SMARTS) is 1. The quantitative estimate of drug-likeness (QED) is 0.821. The van der Waals surface area contributed by atoms with Crippen molar-refractivity contribution >= 4 is 23.3 Å². The Morgan fingerprint density at radius 1 is 1.56 bits per heavy atom. The van der Waals surface area contributed by atoms with Crippen LogP contribution in [0.25, 0.3) is 0 Å². The molecular formula is C12H14ClNO2. The average molecular weight is 240 g/mol. The van der Waals surface area contributed by atoms with E-state index in [0.29, 0.717) is 17.3 Å². The van der Waals surface area contributed by atoms with E-state index in [0.717, 1.165) is 5.57 Å². The van der Waals surface area contributed by atoms with Crippen molar-refractivity contribution in [3.05, 3.63) is 40.9 Å². The zero-order valence-electron chi connectivity index (χ0n) is 9.33. The molecule has 0 aromatic heterocycles. The van der Waals surface area contributed by atoms with Gasteiger partial charge >= 0.3 is 5.97 Å². The summed E-state index contributed by atoms with van der Waals surface area (Å²) in [6, 6.07) is 4.73. The molecule has 3 nitrogen and oxygen atoms in total. The van der Waals surface area contributed by atoms with Crippen molar-refractivity contribution in [3.8, 4) is 0 Å². The molecule has 0 aliphatic heterocycles. The molecule has 0 unspecified atom stereocenters. The minimum atomic E-state index is -0.958. The summed E-state index contributed by atoms with van der Waals surface area (Å²) in [7, 11) is 1.81. The zero-order valence-corrected chi connectivity index (χ0v) is 10.1. The largest absolute Gasteiger partial charge is 0.478 e. The molecule has 1 aromatic rings. The van der Waals surface area contributed by atoms with Crippen LogP contribution >= 0.6 is 11.6 Å². The number of anilines is 1. The van der Waals surface area contributed by atoms with E-state index in [-0.39, 0.29) is 5.56 Å². The Morgan fingerprint density at radius 3 is 2.69 bits per heavy atom. The van der Waals surface area contributed by atoms with Crippen LogP contribution in [-0.2, 0) is 0 Å². The van der Waals surface area contributed by atoms with Gasteiger partial charge in [0, 0.05) is 18.6 Å². The smallest absolute Gasteiger partial charge is 0.337 e. The maximum Gasteiger partial charge on any atom is 0.337 e. The molecule has 0 heterocycles. The highest BCUT2D eigenvalue weighted by molar-refractivity contribution is 6.31. The van der Waals surface area contributed by atoms with Crippen molar-refractivity contribution < 1.29 is 9.90 Å². The first-order valence-electron chi connectivity index (χ1n) is 4.80. The minimum absolute atomic E-state index is 0.244. The van der Waals surface area contributed by atoms with Crippen molar-refractivity contribution in [2.24, 2.45) is 0 Å².